The Kier molecular flexibility index (Phi) is 4.80. The van der Waals surface area contributed by atoms with Crippen LogP contribution in [0.15, 0.2) is 24.8 Å². The molecule has 0 saturated carbocycles. The maximum atomic E-state index is 12.6. The predicted octanol–water partition coefficient (Wildman–Crippen LogP) is 2.46. The van der Waals surface area contributed by atoms with E-state index >= 15 is 0 Å². The van der Waals surface area contributed by atoms with Crippen LogP contribution < -0.4 is 5.32 Å². The molecule has 0 aromatic carbocycles. The van der Waals surface area contributed by atoms with E-state index in [-0.39, 0.29) is 17.7 Å². The monoisotopic (exact) mass is 346 g/mol. The van der Waals surface area contributed by atoms with Crippen LogP contribution in [0, 0.1) is 0 Å². The first-order valence-electron chi connectivity index (χ1n) is 8.62. The number of aromatic nitrogens is 4. The van der Waals surface area contributed by atoms with Gasteiger partial charge in [0.05, 0.1) is 36.8 Å². The zero-order valence-corrected chi connectivity index (χ0v) is 15.3. The average molecular weight is 346 g/mol. The summed E-state index contributed by atoms with van der Waals surface area (Å²) in [7, 11) is 0. The Morgan fingerprint density at radius 2 is 2.12 bits per heavy atom. The van der Waals surface area contributed by atoms with Crippen molar-refractivity contribution in [3.05, 3.63) is 30.4 Å². The second-order valence-electron chi connectivity index (χ2n) is 7.21. The molecule has 1 N–H and O–H groups in total. The quantitative estimate of drug-likeness (QED) is 0.926. The number of amides is 2. The fourth-order valence-electron chi connectivity index (χ4n) is 2.71. The molecule has 25 heavy (non-hydrogen) atoms. The molecule has 2 aromatic rings. The minimum Gasteiger partial charge on any atom is -0.370 e. The smallest absolute Gasteiger partial charge is 0.322 e. The number of carbonyl (C=O) groups is 1. The fourth-order valence-corrected chi connectivity index (χ4v) is 2.71. The summed E-state index contributed by atoms with van der Waals surface area (Å²) in [6, 6.07) is -0.135. The first kappa shape index (κ1) is 17.5. The third-order valence-corrected chi connectivity index (χ3v) is 4.22. The molecule has 8 heteroatoms. The van der Waals surface area contributed by atoms with Crippen molar-refractivity contribution in [3.63, 3.8) is 0 Å². The molecule has 1 aliphatic rings. The lowest BCUT2D eigenvalue weighted by Gasteiger charge is -2.32. The lowest BCUT2D eigenvalue weighted by atomic mass is 10.1. The highest BCUT2D eigenvalue weighted by Gasteiger charge is 2.26. The highest BCUT2D eigenvalue weighted by molar-refractivity contribution is 5.89. The van der Waals surface area contributed by atoms with Gasteiger partial charge in [-0.1, -0.05) is 0 Å². The largest absolute Gasteiger partial charge is 0.370 e. The molecule has 0 aliphatic carbocycles. The molecule has 2 amide bonds. The van der Waals surface area contributed by atoms with Gasteiger partial charge in [-0.2, -0.15) is 10.2 Å². The Morgan fingerprint density at radius 3 is 2.76 bits per heavy atom. The number of anilines is 1. The summed E-state index contributed by atoms with van der Waals surface area (Å²) in [5, 5.41) is 11.5. The van der Waals surface area contributed by atoms with E-state index in [0.717, 1.165) is 12.1 Å². The van der Waals surface area contributed by atoms with Crippen molar-refractivity contribution in [1.29, 1.82) is 0 Å². The molecule has 0 radical (unpaired) electrons. The van der Waals surface area contributed by atoms with Gasteiger partial charge in [-0.05, 0) is 27.7 Å². The number of urea groups is 1. The Labute approximate surface area is 147 Å². The van der Waals surface area contributed by atoms with Crippen LogP contribution in [0.5, 0.6) is 0 Å². The van der Waals surface area contributed by atoms with E-state index in [1.165, 1.54) is 0 Å². The molecule has 1 unspecified atom stereocenters. The molecule has 1 atom stereocenters. The third-order valence-electron chi connectivity index (χ3n) is 4.22. The Hall–Kier alpha value is -2.35. The molecule has 8 nitrogen and oxygen atoms in total. The number of ether oxygens (including phenoxy) is 1. The van der Waals surface area contributed by atoms with Gasteiger partial charge in [-0.3, -0.25) is 9.36 Å². The van der Waals surface area contributed by atoms with E-state index in [0.29, 0.717) is 25.4 Å². The van der Waals surface area contributed by atoms with E-state index in [9.17, 15) is 4.79 Å². The number of nitrogens with one attached hydrogen (secondary N) is 1. The molecule has 2 aromatic heterocycles. The maximum absolute atomic E-state index is 12.6. The van der Waals surface area contributed by atoms with Crippen molar-refractivity contribution in [3.8, 4) is 0 Å². The summed E-state index contributed by atoms with van der Waals surface area (Å²) in [6.07, 6.45) is 7.16. The molecule has 136 valence electrons. The zero-order chi connectivity index (χ0) is 18.0. The normalized spacial score (nSPS) is 18.4. The van der Waals surface area contributed by atoms with E-state index in [2.05, 4.69) is 36.3 Å². The molecule has 0 bridgehead atoms. The Balaban J connectivity index is 1.63. The van der Waals surface area contributed by atoms with Crippen molar-refractivity contribution in [1.82, 2.24) is 24.5 Å². The minimum atomic E-state index is -0.142. The molecule has 1 fully saturated rings. The van der Waals surface area contributed by atoms with Crippen molar-refractivity contribution in [2.24, 2.45) is 0 Å². The third kappa shape index (κ3) is 4.01. The van der Waals surface area contributed by atoms with Gasteiger partial charge < -0.3 is 15.0 Å². The number of rotatable bonds is 3. The second-order valence-corrected chi connectivity index (χ2v) is 7.21. The molecule has 1 saturated heterocycles. The summed E-state index contributed by atoms with van der Waals surface area (Å²) < 4.78 is 9.51. The van der Waals surface area contributed by atoms with Gasteiger partial charge in [0.25, 0.3) is 0 Å². The van der Waals surface area contributed by atoms with Crippen LogP contribution in [-0.4, -0.2) is 50.2 Å². The van der Waals surface area contributed by atoms with Crippen LogP contribution in [0.2, 0.25) is 0 Å². The lowest BCUT2D eigenvalue weighted by Crippen LogP contribution is -2.44. The van der Waals surface area contributed by atoms with Gasteiger partial charge in [0.15, 0.2) is 0 Å². The number of morpholine rings is 1. The predicted molar refractivity (Wildman–Crippen MR) is 94.4 cm³/mol. The number of hydrogen-bond donors (Lipinski definition) is 1. The van der Waals surface area contributed by atoms with E-state index < -0.39 is 0 Å². The van der Waals surface area contributed by atoms with Gasteiger partial charge >= 0.3 is 6.03 Å². The molecule has 3 heterocycles. The number of carbonyl (C=O) groups excluding carboxylic acids is 1. The molecular formula is C17H26N6O2. The summed E-state index contributed by atoms with van der Waals surface area (Å²) in [6.45, 7) is 10.6. The summed E-state index contributed by atoms with van der Waals surface area (Å²) in [4.78, 5) is 14.3. The number of nitrogens with zero attached hydrogens (tertiary/aromatic N) is 5. The van der Waals surface area contributed by atoms with Crippen LogP contribution in [0.25, 0.3) is 0 Å². The van der Waals surface area contributed by atoms with E-state index in [1.807, 2.05) is 34.9 Å². The molecule has 1 aliphatic heterocycles. The highest BCUT2D eigenvalue weighted by atomic mass is 16.5. The van der Waals surface area contributed by atoms with Crippen molar-refractivity contribution >= 4 is 11.7 Å². The Morgan fingerprint density at radius 1 is 1.32 bits per heavy atom. The van der Waals surface area contributed by atoms with Crippen LogP contribution in [0.1, 0.15) is 39.4 Å². The second kappa shape index (κ2) is 6.87. The first-order valence-corrected chi connectivity index (χ1v) is 8.62. The summed E-state index contributed by atoms with van der Waals surface area (Å²) in [5.74, 6) is 0. The molecule has 3 rings (SSSR count). The lowest BCUT2D eigenvalue weighted by molar-refractivity contribution is -0.0135. The van der Waals surface area contributed by atoms with Crippen LogP contribution >= 0.6 is 0 Å². The summed E-state index contributed by atoms with van der Waals surface area (Å²) >= 11 is 0. The van der Waals surface area contributed by atoms with Crippen molar-refractivity contribution in [2.45, 2.75) is 45.9 Å². The van der Waals surface area contributed by atoms with Gasteiger partial charge in [0.2, 0.25) is 0 Å². The minimum absolute atomic E-state index is 0.119. The Bertz CT molecular complexity index is 730. The van der Waals surface area contributed by atoms with Crippen LogP contribution in [0.3, 0.4) is 0 Å². The van der Waals surface area contributed by atoms with Crippen LogP contribution in [0.4, 0.5) is 10.5 Å². The highest BCUT2D eigenvalue weighted by Crippen LogP contribution is 2.23. The standard InChI is InChI=1S/C17H26N6O2/c1-5-22-10-13(8-18-22)15-12-21(6-7-25-15)16(24)20-14-9-19-23(11-14)17(2,3)4/h8-11,15H,5-7,12H2,1-4H3,(H,20,24). The summed E-state index contributed by atoms with van der Waals surface area (Å²) in [5.41, 5.74) is 1.58. The van der Waals surface area contributed by atoms with Gasteiger partial charge in [0.1, 0.15) is 6.10 Å². The molecule has 0 spiro atoms. The first-order chi connectivity index (χ1) is 11.9. The number of hydrogen-bond acceptors (Lipinski definition) is 4. The zero-order valence-electron chi connectivity index (χ0n) is 15.3. The fraction of sp³-hybridized carbons (Fsp3) is 0.588. The van der Waals surface area contributed by atoms with Gasteiger partial charge in [0, 0.05) is 31.0 Å². The average Bonchev–Trinajstić information content (AvgIpc) is 3.23. The topological polar surface area (TPSA) is 77.2 Å². The van der Waals surface area contributed by atoms with Gasteiger partial charge in [-0.15, -0.1) is 0 Å². The van der Waals surface area contributed by atoms with Crippen molar-refractivity contribution in [2.75, 3.05) is 25.0 Å². The van der Waals surface area contributed by atoms with Crippen LogP contribution in [-0.2, 0) is 16.8 Å². The van der Waals surface area contributed by atoms with Crippen molar-refractivity contribution < 1.29 is 9.53 Å². The maximum Gasteiger partial charge on any atom is 0.322 e. The SMILES string of the molecule is CCn1cc(C2CN(C(=O)Nc3cnn(C(C)(C)C)c3)CCO2)cn1. The number of aryl methyl sites for hydroxylation is 1. The van der Waals surface area contributed by atoms with E-state index in [4.69, 9.17) is 4.74 Å². The van der Waals surface area contributed by atoms with E-state index in [1.54, 1.807) is 11.1 Å². The van der Waals surface area contributed by atoms with Gasteiger partial charge in [-0.25, -0.2) is 4.79 Å². The molecular weight excluding hydrogens is 320 g/mol.